The fourth-order valence-electron chi connectivity index (χ4n) is 1.76. The first-order valence-corrected chi connectivity index (χ1v) is 6.46. The smallest absolute Gasteiger partial charge is 0.155 e. The van der Waals surface area contributed by atoms with Crippen LogP contribution in [0.2, 0.25) is 5.02 Å². The summed E-state index contributed by atoms with van der Waals surface area (Å²) in [6.07, 6.45) is 3.22. The van der Waals surface area contributed by atoms with E-state index >= 15 is 0 Å². The van der Waals surface area contributed by atoms with Crippen molar-refractivity contribution in [2.75, 3.05) is 0 Å². The second kappa shape index (κ2) is 5.55. The number of nitrogens with two attached hydrogens (primary N) is 1. The van der Waals surface area contributed by atoms with Crippen LogP contribution in [0.4, 0.5) is 0 Å². The Hall–Kier alpha value is -1.65. The van der Waals surface area contributed by atoms with Crippen molar-refractivity contribution in [3.05, 3.63) is 52.3 Å². The van der Waals surface area contributed by atoms with E-state index in [-0.39, 0.29) is 4.99 Å². The Labute approximate surface area is 122 Å². The van der Waals surface area contributed by atoms with Crippen LogP contribution in [0.3, 0.4) is 0 Å². The van der Waals surface area contributed by atoms with Crippen molar-refractivity contribution in [1.82, 2.24) is 4.98 Å². The molecule has 0 saturated heterocycles. The van der Waals surface area contributed by atoms with Crippen LogP contribution in [-0.2, 0) is 0 Å². The van der Waals surface area contributed by atoms with Gasteiger partial charge in [0.25, 0.3) is 0 Å². The van der Waals surface area contributed by atoms with Gasteiger partial charge in [-0.2, -0.15) is 0 Å². The van der Waals surface area contributed by atoms with E-state index in [0.717, 1.165) is 16.1 Å². The van der Waals surface area contributed by atoms with Crippen LogP contribution in [0.25, 0.3) is 0 Å². The number of thiocarbonyl (C=S) groups is 1. The van der Waals surface area contributed by atoms with Crippen molar-refractivity contribution >= 4 is 28.8 Å². The van der Waals surface area contributed by atoms with E-state index in [1.54, 1.807) is 18.5 Å². The lowest BCUT2D eigenvalue weighted by molar-refractivity contribution is 0.478. The van der Waals surface area contributed by atoms with Crippen molar-refractivity contribution in [1.29, 1.82) is 0 Å². The third kappa shape index (κ3) is 3.03. The average Bonchev–Trinajstić information content (AvgIpc) is 2.36. The summed E-state index contributed by atoms with van der Waals surface area (Å²) < 4.78 is 5.80. The molecule has 0 fully saturated rings. The molecular formula is C14H13ClN2OS. The van der Waals surface area contributed by atoms with Crippen molar-refractivity contribution in [3.63, 3.8) is 0 Å². The number of benzene rings is 1. The molecule has 0 aliphatic rings. The number of aryl methyl sites for hydroxylation is 2. The first kappa shape index (κ1) is 13.8. The lowest BCUT2D eigenvalue weighted by Gasteiger charge is -2.12. The van der Waals surface area contributed by atoms with Gasteiger partial charge < -0.3 is 10.5 Å². The van der Waals surface area contributed by atoms with Gasteiger partial charge in [-0.05, 0) is 43.2 Å². The third-order valence-electron chi connectivity index (χ3n) is 2.69. The maximum Gasteiger partial charge on any atom is 0.155 e. The Balaban J connectivity index is 2.39. The van der Waals surface area contributed by atoms with Crippen molar-refractivity contribution < 1.29 is 4.74 Å². The van der Waals surface area contributed by atoms with E-state index in [2.05, 4.69) is 4.98 Å². The number of pyridine rings is 1. The van der Waals surface area contributed by atoms with Crippen LogP contribution in [0, 0.1) is 13.8 Å². The highest BCUT2D eigenvalue weighted by molar-refractivity contribution is 7.80. The topological polar surface area (TPSA) is 48.1 Å². The Kier molecular flexibility index (Phi) is 4.02. The van der Waals surface area contributed by atoms with Crippen molar-refractivity contribution in [2.24, 2.45) is 5.73 Å². The maximum atomic E-state index is 6.13. The standard InChI is InChI=1S/C14H13ClN2OS/c1-8-5-10(6-9(2)13(8)15)18-12-7-17-4-3-11(12)14(16)19/h3-7H,1-2H3,(H2,16,19). The van der Waals surface area contributed by atoms with Gasteiger partial charge in [-0.25, -0.2) is 0 Å². The molecule has 0 aliphatic carbocycles. The third-order valence-corrected chi connectivity index (χ3v) is 3.50. The van der Waals surface area contributed by atoms with E-state index in [4.69, 9.17) is 34.3 Å². The molecular weight excluding hydrogens is 280 g/mol. The second-order valence-corrected chi connectivity index (χ2v) is 5.03. The minimum absolute atomic E-state index is 0.278. The van der Waals surface area contributed by atoms with E-state index in [0.29, 0.717) is 17.1 Å². The quantitative estimate of drug-likeness (QED) is 0.875. The SMILES string of the molecule is Cc1cc(Oc2cnccc2C(N)=S)cc(C)c1Cl. The monoisotopic (exact) mass is 292 g/mol. The number of nitrogens with zero attached hydrogens (tertiary/aromatic N) is 1. The van der Waals surface area contributed by atoms with Gasteiger partial charge in [0, 0.05) is 11.2 Å². The summed E-state index contributed by atoms with van der Waals surface area (Å²) in [4.78, 5) is 4.30. The maximum absolute atomic E-state index is 6.13. The molecule has 0 unspecified atom stereocenters. The molecule has 3 nitrogen and oxygen atoms in total. The van der Waals surface area contributed by atoms with Crippen LogP contribution in [0.5, 0.6) is 11.5 Å². The van der Waals surface area contributed by atoms with E-state index in [1.807, 2.05) is 26.0 Å². The zero-order valence-corrected chi connectivity index (χ0v) is 12.2. The summed E-state index contributed by atoms with van der Waals surface area (Å²) in [5.74, 6) is 1.22. The van der Waals surface area contributed by atoms with Gasteiger partial charge in [0.15, 0.2) is 5.75 Å². The second-order valence-electron chi connectivity index (χ2n) is 4.21. The molecule has 1 heterocycles. The molecule has 0 saturated carbocycles. The molecule has 0 radical (unpaired) electrons. The molecule has 0 atom stereocenters. The van der Waals surface area contributed by atoms with Crippen LogP contribution >= 0.6 is 23.8 Å². The molecule has 0 amide bonds. The van der Waals surface area contributed by atoms with E-state index in [9.17, 15) is 0 Å². The van der Waals surface area contributed by atoms with Crippen LogP contribution in [0.1, 0.15) is 16.7 Å². The lowest BCUT2D eigenvalue weighted by atomic mass is 10.1. The predicted molar refractivity (Wildman–Crippen MR) is 81.1 cm³/mol. The van der Waals surface area contributed by atoms with Gasteiger partial charge in [0.2, 0.25) is 0 Å². The van der Waals surface area contributed by atoms with Crippen LogP contribution < -0.4 is 10.5 Å². The molecule has 5 heteroatoms. The van der Waals surface area contributed by atoms with Gasteiger partial charge in [-0.1, -0.05) is 23.8 Å². The van der Waals surface area contributed by atoms with Gasteiger partial charge in [0.05, 0.1) is 11.8 Å². The lowest BCUT2D eigenvalue weighted by Crippen LogP contribution is -2.10. The van der Waals surface area contributed by atoms with Crippen molar-refractivity contribution in [3.8, 4) is 11.5 Å². The molecule has 98 valence electrons. The zero-order chi connectivity index (χ0) is 14.0. The van der Waals surface area contributed by atoms with E-state index < -0.39 is 0 Å². The van der Waals surface area contributed by atoms with Gasteiger partial charge in [-0.3, -0.25) is 4.98 Å². The highest BCUT2D eigenvalue weighted by atomic mass is 35.5. The Morgan fingerprint density at radius 3 is 2.53 bits per heavy atom. The van der Waals surface area contributed by atoms with Crippen LogP contribution in [-0.4, -0.2) is 9.97 Å². The highest BCUT2D eigenvalue weighted by Gasteiger charge is 2.09. The van der Waals surface area contributed by atoms with Gasteiger partial charge in [0.1, 0.15) is 10.7 Å². The first-order chi connectivity index (χ1) is 8.99. The average molecular weight is 293 g/mol. The molecule has 19 heavy (non-hydrogen) atoms. The molecule has 1 aromatic heterocycles. The molecule has 2 N–H and O–H groups in total. The first-order valence-electron chi connectivity index (χ1n) is 5.67. The number of hydrogen-bond donors (Lipinski definition) is 1. The normalized spacial score (nSPS) is 10.3. The molecule has 2 rings (SSSR count). The summed E-state index contributed by atoms with van der Waals surface area (Å²) in [7, 11) is 0. The number of ether oxygens (including phenoxy) is 1. The number of aromatic nitrogens is 1. The Morgan fingerprint density at radius 2 is 1.95 bits per heavy atom. The molecule has 0 spiro atoms. The summed E-state index contributed by atoms with van der Waals surface area (Å²) in [6.45, 7) is 3.86. The van der Waals surface area contributed by atoms with Crippen molar-refractivity contribution in [2.45, 2.75) is 13.8 Å². The van der Waals surface area contributed by atoms with Gasteiger partial charge in [-0.15, -0.1) is 0 Å². The van der Waals surface area contributed by atoms with Crippen LogP contribution in [0.15, 0.2) is 30.6 Å². The summed E-state index contributed by atoms with van der Waals surface area (Å²) in [5.41, 5.74) is 8.23. The molecule has 0 bridgehead atoms. The highest BCUT2D eigenvalue weighted by Crippen LogP contribution is 2.30. The fraction of sp³-hybridized carbons (Fsp3) is 0.143. The minimum atomic E-state index is 0.278. The number of hydrogen-bond acceptors (Lipinski definition) is 3. The van der Waals surface area contributed by atoms with Gasteiger partial charge >= 0.3 is 0 Å². The Morgan fingerprint density at radius 1 is 1.32 bits per heavy atom. The fourth-order valence-corrected chi connectivity index (χ4v) is 2.03. The minimum Gasteiger partial charge on any atom is -0.455 e. The largest absolute Gasteiger partial charge is 0.455 e. The molecule has 2 aromatic rings. The molecule has 1 aromatic carbocycles. The summed E-state index contributed by atoms with van der Waals surface area (Å²) in [6, 6.07) is 5.46. The molecule has 0 aliphatic heterocycles. The number of halogens is 1. The van der Waals surface area contributed by atoms with E-state index in [1.165, 1.54) is 0 Å². The Bertz CT molecular complexity index is 620. The number of rotatable bonds is 3. The predicted octanol–water partition coefficient (Wildman–Crippen LogP) is 3.78. The zero-order valence-electron chi connectivity index (χ0n) is 10.6. The summed E-state index contributed by atoms with van der Waals surface area (Å²) >= 11 is 11.1. The summed E-state index contributed by atoms with van der Waals surface area (Å²) in [5, 5.41) is 0.744.